The van der Waals surface area contributed by atoms with Gasteiger partial charge in [-0.25, -0.2) is 4.98 Å². The maximum Gasteiger partial charge on any atom is 0.289 e. The van der Waals surface area contributed by atoms with Gasteiger partial charge in [0.2, 0.25) is 5.76 Å². The summed E-state index contributed by atoms with van der Waals surface area (Å²) in [6, 6.07) is 4.02. The number of benzene rings is 1. The second kappa shape index (κ2) is 7.70. The van der Waals surface area contributed by atoms with Crippen molar-refractivity contribution in [2.45, 2.75) is 53.4 Å². The SMILES string of the molecule is Cc1cc(C)c(C2C(=O)CC(CCNC(=O)c3oc(C)nc3C)C2=O)c(C)c1. The van der Waals surface area contributed by atoms with E-state index in [2.05, 4.69) is 10.3 Å². The Morgan fingerprint density at radius 3 is 2.36 bits per heavy atom. The minimum Gasteiger partial charge on any atom is -0.436 e. The number of hydrogen-bond donors (Lipinski definition) is 1. The van der Waals surface area contributed by atoms with E-state index in [1.807, 2.05) is 32.9 Å². The highest BCUT2D eigenvalue weighted by atomic mass is 16.4. The predicted molar refractivity (Wildman–Crippen MR) is 104 cm³/mol. The largest absolute Gasteiger partial charge is 0.436 e. The molecule has 0 bridgehead atoms. The molecule has 1 amide bonds. The van der Waals surface area contributed by atoms with Gasteiger partial charge in [0.15, 0.2) is 11.7 Å². The molecule has 2 atom stereocenters. The van der Waals surface area contributed by atoms with Crippen LogP contribution in [0.25, 0.3) is 0 Å². The molecule has 3 rings (SSSR count). The lowest BCUT2D eigenvalue weighted by Crippen LogP contribution is -2.27. The van der Waals surface area contributed by atoms with E-state index >= 15 is 0 Å². The van der Waals surface area contributed by atoms with Gasteiger partial charge in [-0.3, -0.25) is 14.4 Å². The van der Waals surface area contributed by atoms with Gasteiger partial charge in [0.25, 0.3) is 5.91 Å². The molecule has 0 saturated heterocycles. The van der Waals surface area contributed by atoms with E-state index < -0.39 is 5.92 Å². The maximum absolute atomic E-state index is 12.9. The summed E-state index contributed by atoms with van der Waals surface area (Å²) in [5.74, 6) is -0.840. The Hall–Kier alpha value is -2.76. The molecule has 6 nitrogen and oxygen atoms in total. The van der Waals surface area contributed by atoms with E-state index in [1.54, 1.807) is 13.8 Å². The lowest BCUT2D eigenvalue weighted by atomic mass is 9.86. The van der Waals surface area contributed by atoms with E-state index in [0.29, 0.717) is 24.6 Å². The Bertz CT molecular complexity index is 934. The second-order valence-electron chi connectivity index (χ2n) is 7.71. The Morgan fingerprint density at radius 2 is 1.79 bits per heavy atom. The zero-order valence-corrected chi connectivity index (χ0v) is 17.0. The van der Waals surface area contributed by atoms with E-state index in [4.69, 9.17) is 4.42 Å². The third-order valence-corrected chi connectivity index (χ3v) is 5.37. The summed E-state index contributed by atoms with van der Waals surface area (Å²) in [6.45, 7) is 9.60. The summed E-state index contributed by atoms with van der Waals surface area (Å²) >= 11 is 0. The smallest absolute Gasteiger partial charge is 0.289 e. The number of hydrogen-bond acceptors (Lipinski definition) is 5. The van der Waals surface area contributed by atoms with Crippen molar-refractivity contribution in [2.24, 2.45) is 5.92 Å². The number of nitrogens with one attached hydrogen (secondary N) is 1. The first-order chi connectivity index (χ1) is 13.2. The van der Waals surface area contributed by atoms with Crippen LogP contribution < -0.4 is 5.32 Å². The number of ketones is 2. The molecule has 0 radical (unpaired) electrons. The molecule has 1 N–H and O–H groups in total. The van der Waals surface area contributed by atoms with Crippen molar-refractivity contribution in [3.8, 4) is 0 Å². The molecule has 1 saturated carbocycles. The summed E-state index contributed by atoms with van der Waals surface area (Å²) in [7, 11) is 0. The van der Waals surface area contributed by atoms with Gasteiger partial charge < -0.3 is 9.73 Å². The van der Waals surface area contributed by atoms with Crippen LogP contribution in [0, 0.1) is 40.5 Å². The van der Waals surface area contributed by atoms with Crippen LogP contribution in [-0.2, 0) is 9.59 Å². The molecule has 0 spiro atoms. The normalized spacial score (nSPS) is 19.3. The number of carbonyl (C=O) groups excluding carboxylic acids is 3. The molecule has 2 aromatic rings. The molecule has 1 aliphatic carbocycles. The molecule has 2 unspecified atom stereocenters. The first kappa shape index (κ1) is 20.0. The number of amides is 1. The van der Waals surface area contributed by atoms with Crippen LogP contribution >= 0.6 is 0 Å². The summed E-state index contributed by atoms with van der Waals surface area (Å²) in [5, 5.41) is 2.76. The van der Waals surface area contributed by atoms with E-state index in [-0.39, 0.29) is 35.6 Å². The molecular formula is C22H26N2O4. The van der Waals surface area contributed by atoms with Crippen molar-refractivity contribution < 1.29 is 18.8 Å². The van der Waals surface area contributed by atoms with Gasteiger partial charge in [0, 0.05) is 25.8 Å². The van der Waals surface area contributed by atoms with Gasteiger partial charge >= 0.3 is 0 Å². The summed E-state index contributed by atoms with van der Waals surface area (Å²) in [6.07, 6.45) is 0.662. The van der Waals surface area contributed by atoms with Crippen LogP contribution in [0.4, 0.5) is 0 Å². The fourth-order valence-corrected chi connectivity index (χ4v) is 4.23. The average molecular weight is 382 g/mol. The maximum atomic E-state index is 12.9. The first-order valence-electron chi connectivity index (χ1n) is 9.55. The minimum absolute atomic E-state index is 0.0296. The number of aryl methyl sites for hydroxylation is 5. The van der Waals surface area contributed by atoms with E-state index in [1.165, 1.54) is 0 Å². The van der Waals surface area contributed by atoms with Crippen LogP contribution in [0.3, 0.4) is 0 Å². The summed E-state index contributed by atoms with van der Waals surface area (Å²) in [5.41, 5.74) is 4.46. The van der Waals surface area contributed by atoms with E-state index in [9.17, 15) is 14.4 Å². The third kappa shape index (κ3) is 3.77. The number of rotatable bonds is 5. The zero-order valence-electron chi connectivity index (χ0n) is 17.0. The highest BCUT2D eigenvalue weighted by Crippen LogP contribution is 2.37. The van der Waals surface area contributed by atoms with Crippen molar-refractivity contribution in [1.29, 1.82) is 0 Å². The fraction of sp³-hybridized carbons (Fsp3) is 0.455. The van der Waals surface area contributed by atoms with Crippen LogP contribution in [0.1, 0.15) is 63.2 Å². The standard InChI is InChI=1S/C22H26N2O4/c1-11-8-12(2)18(13(3)9-11)19-17(25)10-16(20(19)26)6-7-23-22(27)21-14(4)24-15(5)28-21/h8-9,16,19H,6-7,10H2,1-5H3,(H,23,27). The molecule has 148 valence electrons. The average Bonchev–Trinajstić information content (AvgIpc) is 3.07. The highest BCUT2D eigenvalue weighted by Gasteiger charge is 2.42. The van der Waals surface area contributed by atoms with E-state index in [0.717, 1.165) is 22.3 Å². The van der Waals surface area contributed by atoms with Crippen molar-refractivity contribution >= 4 is 17.5 Å². The lowest BCUT2D eigenvalue weighted by molar-refractivity contribution is -0.124. The van der Waals surface area contributed by atoms with Crippen LogP contribution in [0.2, 0.25) is 0 Å². The monoisotopic (exact) mass is 382 g/mol. The molecule has 1 aromatic carbocycles. The van der Waals surface area contributed by atoms with Crippen molar-refractivity contribution in [2.75, 3.05) is 6.54 Å². The number of carbonyl (C=O) groups is 3. The minimum atomic E-state index is -0.680. The van der Waals surface area contributed by atoms with Gasteiger partial charge in [-0.05, 0) is 50.8 Å². The molecule has 1 aromatic heterocycles. The molecular weight excluding hydrogens is 356 g/mol. The molecule has 1 heterocycles. The van der Waals surface area contributed by atoms with Crippen molar-refractivity contribution in [3.05, 3.63) is 51.7 Å². The zero-order chi connectivity index (χ0) is 20.6. The number of nitrogens with zero attached hydrogens (tertiary/aromatic N) is 1. The lowest BCUT2D eigenvalue weighted by Gasteiger charge is -2.16. The molecule has 6 heteroatoms. The quantitative estimate of drug-likeness (QED) is 0.802. The second-order valence-corrected chi connectivity index (χ2v) is 7.71. The first-order valence-corrected chi connectivity index (χ1v) is 9.55. The third-order valence-electron chi connectivity index (χ3n) is 5.37. The molecule has 1 aliphatic rings. The van der Waals surface area contributed by atoms with Crippen LogP contribution in [-0.4, -0.2) is 29.0 Å². The predicted octanol–water partition coefficient (Wildman–Crippen LogP) is 3.28. The Kier molecular flexibility index (Phi) is 5.49. The highest BCUT2D eigenvalue weighted by molar-refractivity contribution is 6.15. The van der Waals surface area contributed by atoms with Crippen molar-refractivity contribution in [1.82, 2.24) is 10.3 Å². The number of Topliss-reactive ketones (excluding diaryl/α,β-unsaturated/α-hetero) is 2. The van der Waals surface area contributed by atoms with Gasteiger partial charge in [-0.15, -0.1) is 0 Å². The van der Waals surface area contributed by atoms with Gasteiger partial charge in [0.05, 0.1) is 5.69 Å². The van der Waals surface area contributed by atoms with Crippen LogP contribution in [0.5, 0.6) is 0 Å². The Labute approximate surface area is 164 Å². The van der Waals surface area contributed by atoms with Crippen LogP contribution in [0.15, 0.2) is 16.5 Å². The van der Waals surface area contributed by atoms with Gasteiger partial charge in [0.1, 0.15) is 11.7 Å². The fourth-order valence-electron chi connectivity index (χ4n) is 4.23. The number of aromatic nitrogens is 1. The Morgan fingerprint density at radius 1 is 1.14 bits per heavy atom. The topological polar surface area (TPSA) is 89.3 Å². The molecule has 28 heavy (non-hydrogen) atoms. The molecule has 0 aliphatic heterocycles. The summed E-state index contributed by atoms with van der Waals surface area (Å²) < 4.78 is 5.30. The molecule has 1 fully saturated rings. The Balaban J connectivity index is 1.66. The number of oxazole rings is 1. The van der Waals surface area contributed by atoms with Gasteiger partial charge in [-0.1, -0.05) is 17.7 Å². The van der Waals surface area contributed by atoms with Gasteiger partial charge in [-0.2, -0.15) is 0 Å². The summed E-state index contributed by atoms with van der Waals surface area (Å²) in [4.78, 5) is 41.9. The van der Waals surface area contributed by atoms with Crippen molar-refractivity contribution in [3.63, 3.8) is 0 Å².